The number of rotatable bonds is 3. The van der Waals surface area contributed by atoms with Gasteiger partial charge < -0.3 is 5.11 Å². The monoisotopic (exact) mass is 221 g/mol. The van der Waals surface area contributed by atoms with Crippen LogP contribution in [0.1, 0.15) is 37.1 Å². The van der Waals surface area contributed by atoms with Crippen molar-refractivity contribution in [1.82, 2.24) is 0 Å². The smallest absolute Gasteiger partial charge is 0.235 e. The number of alkyl halides is 1. The molecule has 2 rings (SSSR count). The Morgan fingerprint density at radius 1 is 1.56 bits per heavy atom. The van der Waals surface area contributed by atoms with Crippen LogP contribution in [0.25, 0.3) is 0 Å². The van der Waals surface area contributed by atoms with E-state index in [0.29, 0.717) is 0 Å². The zero-order valence-corrected chi connectivity index (χ0v) is 8.90. The average molecular weight is 221 g/mol. The van der Waals surface area contributed by atoms with E-state index >= 15 is 0 Å². The van der Waals surface area contributed by atoms with E-state index in [1.54, 1.807) is 18.2 Å². The third-order valence-corrected chi connectivity index (χ3v) is 2.98. The summed E-state index contributed by atoms with van der Waals surface area (Å²) in [5, 5.41) is 9.47. The van der Waals surface area contributed by atoms with Crippen LogP contribution in [-0.4, -0.2) is 11.2 Å². The van der Waals surface area contributed by atoms with E-state index in [1.165, 1.54) is 13.0 Å². The van der Waals surface area contributed by atoms with E-state index in [9.17, 15) is 14.3 Å². The lowest BCUT2D eigenvalue weighted by atomic mass is 10.00. The first kappa shape index (κ1) is 10.8. The molecule has 16 heavy (non-hydrogen) atoms. The van der Waals surface area contributed by atoms with Crippen LogP contribution in [0, 0.1) is 0 Å². The fourth-order valence-electron chi connectivity index (χ4n) is 1.83. The van der Waals surface area contributed by atoms with Crippen LogP contribution in [0.3, 0.4) is 0 Å². The van der Waals surface area contributed by atoms with Crippen molar-refractivity contribution in [2.24, 2.45) is 4.99 Å². The van der Waals surface area contributed by atoms with Gasteiger partial charge in [-0.15, -0.1) is 0 Å². The van der Waals surface area contributed by atoms with Crippen molar-refractivity contribution in [2.75, 3.05) is 0 Å². The summed E-state index contributed by atoms with van der Waals surface area (Å²) in [7, 11) is 0. The molecule has 1 N–H and O–H groups in total. The first-order valence-corrected chi connectivity index (χ1v) is 5.15. The number of isocyanates is 1. The lowest BCUT2D eigenvalue weighted by Gasteiger charge is -2.12. The van der Waals surface area contributed by atoms with Crippen LogP contribution in [0.5, 0.6) is 5.75 Å². The fraction of sp³-hybridized carbons (Fsp3) is 0.417. The molecule has 3 nitrogen and oxygen atoms in total. The van der Waals surface area contributed by atoms with E-state index < -0.39 is 11.7 Å². The number of halogens is 1. The van der Waals surface area contributed by atoms with Gasteiger partial charge in [-0.1, -0.05) is 6.07 Å². The number of hydrogen-bond donors (Lipinski definition) is 1. The van der Waals surface area contributed by atoms with Crippen molar-refractivity contribution in [3.8, 4) is 5.75 Å². The van der Waals surface area contributed by atoms with E-state index in [1.807, 2.05) is 0 Å². The van der Waals surface area contributed by atoms with Gasteiger partial charge in [0.1, 0.15) is 11.9 Å². The molecular formula is C12H12FNO2. The van der Waals surface area contributed by atoms with Crippen molar-refractivity contribution in [1.29, 1.82) is 0 Å². The largest absolute Gasteiger partial charge is 0.508 e. The first-order valence-electron chi connectivity index (χ1n) is 5.15. The number of aromatic hydroxyl groups is 1. The Morgan fingerprint density at radius 2 is 2.25 bits per heavy atom. The molecule has 0 aliphatic heterocycles. The molecule has 0 saturated heterocycles. The summed E-state index contributed by atoms with van der Waals surface area (Å²) in [5.41, 5.74) is 0.497. The Labute approximate surface area is 92.6 Å². The van der Waals surface area contributed by atoms with Gasteiger partial charge in [-0.2, -0.15) is 4.99 Å². The van der Waals surface area contributed by atoms with Crippen molar-refractivity contribution >= 4 is 6.08 Å². The van der Waals surface area contributed by atoms with E-state index in [4.69, 9.17) is 0 Å². The molecule has 4 heteroatoms. The lowest BCUT2D eigenvalue weighted by molar-refractivity contribution is 0.356. The van der Waals surface area contributed by atoms with Gasteiger partial charge in [-0.25, -0.2) is 9.18 Å². The van der Waals surface area contributed by atoms with Crippen molar-refractivity contribution in [2.45, 2.75) is 31.5 Å². The number of carbonyl (C=O) groups excluding carboxylic acids is 1. The number of nitrogens with zero attached hydrogens (tertiary/aromatic N) is 1. The second-order valence-electron chi connectivity index (χ2n) is 4.12. The Balaban J connectivity index is 2.44. The second kappa shape index (κ2) is 3.72. The highest BCUT2D eigenvalue weighted by Crippen LogP contribution is 2.50. The predicted octanol–water partition coefficient (Wildman–Crippen LogP) is 2.75. The maximum absolute atomic E-state index is 13.2. The topological polar surface area (TPSA) is 49.7 Å². The van der Waals surface area contributed by atoms with Gasteiger partial charge in [-0.3, -0.25) is 0 Å². The predicted molar refractivity (Wildman–Crippen MR) is 56.7 cm³/mol. The zero-order valence-electron chi connectivity index (χ0n) is 8.90. The van der Waals surface area contributed by atoms with E-state index in [2.05, 4.69) is 4.99 Å². The van der Waals surface area contributed by atoms with E-state index in [0.717, 1.165) is 18.4 Å². The number of hydrogen-bond acceptors (Lipinski definition) is 3. The number of phenols is 1. The third-order valence-electron chi connectivity index (χ3n) is 2.98. The maximum atomic E-state index is 13.2. The van der Waals surface area contributed by atoms with Crippen LogP contribution >= 0.6 is 0 Å². The normalized spacial score (nSPS) is 18.6. The summed E-state index contributed by atoms with van der Waals surface area (Å²) in [6.07, 6.45) is 1.85. The summed E-state index contributed by atoms with van der Waals surface area (Å²) < 4.78 is 13.2. The number of aliphatic imine (C=N–C) groups is 1. The molecule has 0 aromatic heterocycles. The van der Waals surface area contributed by atoms with E-state index in [-0.39, 0.29) is 11.3 Å². The number of phenolic OH excluding ortho intramolecular Hbond substituents is 1. The first-order chi connectivity index (χ1) is 7.59. The Bertz CT molecular complexity index is 460. The molecule has 1 aliphatic carbocycles. The van der Waals surface area contributed by atoms with Gasteiger partial charge in [0.15, 0.2) is 0 Å². The van der Waals surface area contributed by atoms with Crippen LogP contribution in [-0.2, 0) is 10.3 Å². The highest BCUT2D eigenvalue weighted by molar-refractivity contribution is 5.45. The molecule has 1 aromatic carbocycles. The summed E-state index contributed by atoms with van der Waals surface area (Å²) in [5.74, 6) is -0.0652. The quantitative estimate of drug-likeness (QED) is 0.630. The minimum absolute atomic E-state index is 0.0652. The molecular weight excluding hydrogens is 209 g/mol. The molecule has 0 heterocycles. The highest BCUT2D eigenvalue weighted by Gasteiger charge is 2.45. The highest BCUT2D eigenvalue weighted by atomic mass is 19.1. The maximum Gasteiger partial charge on any atom is 0.235 e. The standard InChI is InChI=1S/C12H12FNO2/c1-8(13)10-6-9(2-3-11(10)16)12(4-5-12)14-7-15/h2-3,6,8,16H,4-5H2,1H3. The van der Waals surface area contributed by atoms with Crippen molar-refractivity contribution in [3.05, 3.63) is 29.3 Å². The molecule has 0 radical (unpaired) electrons. The minimum Gasteiger partial charge on any atom is -0.508 e. The molecule has 0 spiro atoms. The van der Waals surface area contributed by atoms with Gasteiger partial charge in [0, 0.05) is 5.56 Å². The Kier molecular flexibility index (Phi) is 2.52. The average Bonchev–Trinajstić information content (AvgIpc) is 2.99. The summed E-state index contributed by atoms with van der Waals surface area (Å²) >= 11 is 0. The summed E-state index contributed by atoms with van der Waals surface area (Å²) in [6.45, 7) is 1.36. The van der Waals surface area contributed by atoms with Crippen molar-refractivity contribution < 1.29 is 14.3 Å². The number of benzene rings is 1. The summed E-state index contributed by atoms with van der Waals surface area (Å²) in [6, 6.07) is 4.70. The third kappa shape index (κ3) is 1.72. The van der Waals surface area contributed by atoms with Crippen LogP contribution in [0.2, 0.25) is 0 Å². The van der Waals surface area contributed by atoms with Crippen LogP contribution in [0.4, 0.5) is 4.39 Å². The summed E-state index contributed by atoms with van der Waals surface area (Å²) in [4.78, 5) is 14.1. The fourth-order valence-corrected chi connectivity index (χ4v) is 1.83. The molecule has 1 unspecified atom stereocenters. The minimum atomic E-state index is -1.24. The van der Waals surface area contributed by atoms with Gasteiger partial charge in [0.05, 0.1) is 5.54 Å². The molecule has 1 saturated carbocycles. The molecule has 0 bridgehead atoms. The molecule has 0 amide bonds. The molecule has 84 valence electrons. The molecule has 1 fully saturated rings. The van der Waals surface area contributed by atoms with Gasteiger partial charge >= 0.3 is 0 Å². The van der Waals surface area contributed by atoms with Crippen LogP contribution < -0.4 is 0 Å². The SMILES string of the molecule is CC(F)c1cc(C2(N=C=O)CC2)ccc1O. The Hall–Kier alpha value is -1.67. The van der Waals surface area contributed by atoms with Crippen molar-refractivity contribution in [3.63, 3.8) is 0 Å². The Morgan fingerprint density at radius 3 is 2.75 bits per heavy atom. The zero-order chi connectivity index (χ0) is 11.8. The molecule has 1 atom stereocenters. The van der Waals surface area contributed by atoms with Gasteiger partial charge in [0.25, 0.3) is 0 Å². The molecule has 1 aromatic rings. The van der Waals surface area contributed by atoms with Gasteiger partial charge in [-0.05, 0) is 37.5 Å². The van der Waals surface area contributed by atoms with Crippen LogP contribution in [0.15, 0.2) is 23.2 Å². The second-order valence-corrected chi connectivity index (χ2v) is 4.12. The molecule has 1 aliphatic rings. The lowest BCUT2D eigenvalue weighted by Crippen LogP contribution is -2.03. The van der Waals surface area contributed by atoms with Gasteiger partial charge in [0.2, 0.25) is 6.08 Å².